The minimum absolute atomic E-state index is 0.126. The Balaban J connectivity index is 1.84. The molecule has 2 N–H and O–H groups in total. The van der Waals surface area contributed by atoms with Gasteiger partial charge in [-0.2, -0.15) is 5.26 Å². The molecular formula is C21H18ClN5O2S. The predicted octanol–water partition coefficient (Wildman–Crippen LogP) is 3.38. The lowest BCUT2D eigenvalue weighted by Gasteiger charge is -2.43. The van der Waals surface area contributed by atoms with Gasteiger partial charge >= 0.3 is 0 Å². The van der Waals surface area contributed by atoms with E-state index in [9.17, 15) is 9.59 Å². The quantitative estimate of drug-likeness (QED) is 0.735. The van der Waals surface area contributed by atoms with Crippen LogP contribution < -0.4 is 15.5 Å². The van der Waals surface area contributed by atoms with Gasteiger partial charge in [0.1, 0.15) is 17.3 Å². The number of hydrogen-bond acceptors (Lipinski definition) is 5. The SMILES string of the molecule is Cc1cc(N2C(=O)C3(CCC3)N(c3ccc(C(N)=O)c(Cl)c3C)C2=S)cnc1C#N. The fraction of sp³-hybridized carbons (Fsp3) is 0.286. The Bertz CT molecular complexity index is 1170. The number of primary amides is 1. The van der Waals surface area contributed by atoms with Gasteiger partial charge in [0, 0.05) is 5.69 Å². The number of halogens is 1. The number of hydrogen-bond donors (Lipinski definition) is 1. The van der Waals surface area contributed by atoms with E-state index in [0.717, 1.165) is 6.42 Å². The highest BCUT2D eigenvalue weighted by Crippen LogP contribution is 2.49. The third-order valence-corrected chi connectivity index (χ3v) is 6.74. The van der Waals surface area contributed by atoms with Crippen molar-refractivity contribution in [2.75, 3.05) is 9.80 Å². The molecule has 1 aliphatic heterocycles. The summed E-state index contributed by atoms with van der Waals surface area (Å²) in [7, 11) is 0. The Labute approximate surface area is 184 Å². The fourth-order valence-electron chi connectivity index (χ4n) is 4.09. The molecule has 152 valence electrons. The summed E-state index contributed by atoms with van der Waals surface area (Å²) in [5.74, 6) is -0.743. The highest BCUT2D eigenvalue weighted by Gasteiger charge is 2.60. The summed E-state index contributed by atoms with van der Waals surface area (Å²) in [5.41, 5.74) is 7.63. The second-order valence-electron chi connectivity index (χ2n) is 7.55. The van der Waals surface area contributed by atoms with Gasteiger partial charge in [-0.15, -0.1) is 0 Å². The molecule has 1 aromatic heterocycles. The fourth-order valence-corrected chi connectivity index (χ4v) is 4.81. The van der Waals surface area contributed by atoms with Crippen molar-refractivity contribution in [3.8, 4) is 6.07 Å². The first-order valence-electron chi connectivity index (χ1n) is 9.37. The lowest BCUT2D eigenvalue weighted by Crippen LogP contribution is -2.55. The van der Waals surface area contributed by atoms with Gasteiger partial charge in [-0.05, 0) is 74.7 Å². The standard InChI is InChI=1S/C21H18ClN5O2S/c1-11-8-13(10-25-15(11)9-23)26-19(29)21(6-3-7-21)27(20(26)30)16-5-4-14(18(24)28)17(22)12(16)2/h4-5,8,10H,3,6-7H2,1-2H3,(H2,24,28). The monoisotopic (exact) mass is 439 g/mol. The predicted molar refractivity (Wildman–Crippen MR) is 118 cm³/mol. The number of carbonyl (C=O) groups is 2. The zero-order chi connectivity index (χ0) is 21.8. The van der Waals surface area contributed by atoms with E-state index >= 15 is 0 Å². The molecular weight excluding hydrogens is 422 g/mol. The van der Waals surface area contributed by atoms with Crippen molar-refractivity contribution >= 4 is 52.1 Å². The molecule has 2 aromatic rings. The van der Waals surface area contributed by atoms with E-state index in [1.54, 1.807) is 32.0 Å². The maximum absolute atomic E-state index is 13.5. The highest BCUT2D eigenvalue weighted by molar-refractivity contribution is 7.81. The third-order valence-electron chi connectivity index (χ3n) is 5.88. The van der Waals surface area contributed by atoms with E-state index in [1.165, 1.54) is 11.1 Å². The molecule has 1 aliphatic carbocycles. The summed E-state index contributed by atoms with van der Waals surface area (Å²) < 4.78 is 0. The Morgan fingerprint density at radius 2 is 2.07 bits per heavy atom. The van der Waals surface area contributed by atoms with Crippen LogP contribution in [0.5, 0.6) is 0 Å². The number of amides is 2. The molecule has 7 nitrogen and oxygen atoms in total. The van der Waals surface area contributed by atoms with Crippen LogP contribution in [0.1, 0.15) is 46.4 Å². The van der Waals surface area contributed by atoms with Crippen molar-refractivity contribution in [3.05, 3.63) is 51.8 Å². The minimum Gasteiger partial charge on any atom is -0.366 e. The number of thiocarbonyl (C=S) groups is 1. The van der Waals surface area contributed by atoms with Crippen LogP contribution in [0.15, 0.2) is 24.4 Å². The van der Waals surface area contributed by atoms with Gasteiger partial charge in [0.25, 0.3) is 5.91 Å². The Morgan fingerprint density at radius 1 is 1.37 bits per heavy atom. The van der Waals surface area contributed by atoms with E-state index in [1.807, 2.05) is 11.0 Å². The maximum atomic E-state index is 13.5. The molecule has 0 atom stereocenters. The van der Waals surface area contributed by atoms with Gasteiger partial charge in [-0.25, -0.2) is 4.98 Å². The molecule has 2 fully saturated rings. The van der Waals surface area contributed by atoms with Crippen molar-refractivity contribution in [3.63, 3.8) is 0 Å². The first-order valence-corrected chi connectivity index (χ1v) is 10.2. The normalized spacial score (nSPS) is 17.3. The first kappa shape index (κ1) is 20.3. The number of aryl methyl sites for hydroxylation is 1. The summed E-state index contributed by atoms with van der Waals surface area (Å²) in [6.07, 6.45) is 3.69. The molecule has 30 heavy (non-hydrogen) atoms. The van der Waals surface area contributed by atoms with Crippen LogP contribution in [0.4, 0.5) is 11.4 Å². The van der Waals surface area contributed by atoms with Crippen molar-refractivity contribution in [2.45, 2.75) is 38.6 Å². The zero-order valence-corrected chi connectivity index (χ0v) is 18.0. The first-order chi connectivity index (χ1) is 14.2. The molecule has 2 heterocycles. The Hall–Kier alpha value is -3.02. The number of anilines is 2. The van der Waals surface area contributed by atoms with Crippen LogP contribution in [-0.2, 0) is 4.79 Å². The average Bonchev–Trinajstić information content (AvgIpc) is 2.90. The van der Waals surface area contributed by atoms with E-state index in [0.29, 0.717) is 46.1 Å². The van der Waals surface area contributed by atoms with E-state index < -0.39 is 11.4 Å². The van der Waals surface area contributed by atoms with Gasteiger partial charge in [0.2, 0.25) is 5.91 Å². The van der Waals surface area contributed by atoms with Crippen LogP contribution in [0, 0.1) is 25.2 Å². The largest absolute Gasteiger partial charge is 0.366 e. The molecule has 1 aromatic carbocycles. The molecule has 2 amide bonds. The second kappa shape index (κ2) is 7.04. The van der Waals surface area contributed by atoms with Crippen LogP contribution >= 0.6 is 23.8 Å². The number of pyridine rings is 1. The van der Waals surface area contributed by atoms with E-state index in [-0.39, 0.29) is 16.5 Å². The van der Waals surface area contributed by atoms with Crippen molar-refractivity contribution < 1.29 is 9.59 Å². The van der Waals surface area contributed by atoms with Crippen molar-refractivity contribution in [1.82, 2.24) is 4.98 Å². The summed E-state index contributed by atoms with van der Waals surface area (Å²) in [4.78, 5) is 32.7. The van der Waals surface area contributed by atoms with Gasteiger partial charge in [0.15, 0.2) is 5.11 Å². The number of nitriles is 1. The summed E-state index contributed by atoms with van der Waals surface area (Å²) in [5, 5.41) is 9.71. The number of aromatic nitrogens is 1. The smallest absolute Gasteiger partial charge is 0.259 e. The number of nitrogens with zero attached hydrogens (tertiary/aromatic N) is 4. The zero-order valence-electron chi connectivity index (χ0n) is 16.4. The maximum Gasteiger partial charge on any atom is 0.259 e. The molecule has 0 unspecified atom stereocenters. The van der Waals surface area contributed by atoms with Gasteiger partial charge < -0.3 is 10.6 Å². The number of nitrogens with two attached hydrogens (primary N) is 1. The molecule has 1 saturated heterocycles. The second-order valence-corrected chi connectivity index (χ2v) is 8.29. The topological polar surface area (TPSA) is 103 Å². The van der Waals surface area contributed by atoms with Gasteiger partial charge in [-0.3, -0.25) is 14.5 Å². The molecule has 9 heteroatoms. The molecule has 4 rings (SSSR count). The lowest BCUT2D eigenvalue weighted by molar-refractivity contribution is -0.123. The highest BCUT2D eigenvalue weighted by atomic mass is 35.5. The summed E-state index contributed by atoms with van der Waals surface area (Å²) in [6.45, 7) is 3.54. The van der Waals surface area contributed by atoms with Crippen LogP contribution in [0.25, 0.3) is 0 Å². The van der Waals surface area contributed by atoms with E-state index in [2.05, 4.69) is 4.98 Å². The van der Waals surface area contributed by atoms with Gasteiger partial charge in [-0.1, -0.05) is 11.6 Å². The Kier molecular flexibility index (Phi) is 4.76. The third kappa shape index (κ3) is 2.70. The number of rotatable bonds is 3. The van der Waals surface area contributed by atoms with Crippen molar-refractivity contribution in [1.29, 1.82) is 5.26 Å². The summed E-state index contributed by atoms with van der Waals surface area (Å²) >= 11 is 12.2. The molecule has 0 radical (unpaired) electrons. The lowest BCUT2D eigenvalue weighted by atomic mass is 9.75. The van der Waals surface area contributed by atoms with Crippen LogP contribution in [0.3, 0.4) is 0 Å². The van der Waals surface area contributed by atoms with Gasteiger partial charge in [0.05, 0.1) is 22.5 Å². The van der Waals surface area contributed by atoms with Crippen molar-refractivity contribution in [2.24, 2.45) is 5.73 Å². The number of benzene rings is 1. The minimum atomic E-state index is -0.790. The Morgan fingerprint density at radius 3 is 2.60 bits per heavy atom. The van der Waals surface area contributed by atoms with Crippen LogP contribution in [-0.4, -0.2) is 27.4 Å². The van der Waals surface area contributed by atoms with E-state index in [4.69, 9.17) is 34.8 Å². The summed E-state index contributed by atoms with van der Waals surface area (Å²) in [6, 6.07) is 7.05. The van der Waals surface area contributed by atoms with Crippen LogP contribution in [0.2, 0.25) is 5.02 Å². The average molecular weight is 440 g/mol. The molecule has 1 saturated carbocycles. The molecule has 2 aliphatic rings. The molecule has 1 spiro atoms. The molecule has 0 bridgehead atoms. The number of carbonyl (C=O) groups excluding carboxylic acids is 2.